The maximum atomic E-state index is 10.4. The highest BCUT2D eigenvalue weighted by atomic mass is 79.9. The third kappa shape index (κ3) is 2.02. The van der Waals surface area contributed by atoms with Gasteiger partial charge >= 0.3 is 5.97 Å². The number of thiophene rings is 1. The molecule has 0 unspecified atom stereocenters. The Balaban J connectivity index is 2.84. The number of carboxylic acids is 1. The van der Waals surface area contributed by atoms with Gasteiger partial charge in [0, 0.05) is 0 Å². The van der Waals surface area contributed by atoms with Crippen molar-refractivity contribution >= 4 is 33.2 Å². The van der Waals surface area contributed by atoms with Crippen LogP contribution in [0.4, 0.5) is 0 Å². The van der Waals surface area contributed by atoms with Gasteiger partial charge in [0.25, 0.3) is 0 Å². The van der Waals surface area contributed by atoms with Crippen LogP contribution in [0.15, 0.2) is 15.2 Å². The summed E-state index contributed by atoms with van der Waals surface area (Å²) in [6, 6.07) is 0.807. The molecule has 1 aromatic rings. The lowest BCUT2D eigenvalue weighted by molar-refractivity contribution is -0.138. The van der Waals surface area contributed by atoms with E-state index < -0.39 is 12.0 Å². The van der Waals surface area contributed by atoms with Crippen LogP contribution in [-0.4, -0.2) is 11.1 Å². The van der Waals surface area contributed by atoms with Crippen molar-refractivity contribution in [3.63, 3.8) is 0 Å². The molecule has 0 aliphatic rings. The molecule has 3 nitrogen and oxygen atoms in total. The number of hydrogen-bond donors (Lipinski definition) is 2. The van der Waals surface area contributed by atoms with Crippen LogP contribution in [0.3, 0.4) is 0 Å². The molecule has 0 saturated carbocycles. The fourth-order valence-electron chi connectivity index (χ4n) is 0.629. The van der Waals surface area contributed by atoms with Crippen LogP contribution in [-0.2, 0) is 4.79 Å². The minimum Gasteiger partial charge on any atom is -0.480 e. The summed E-state index contributed by atoms with van der Waals surface area (Å²) in [6.07, 6.45) is 0. The first-order valence-electron chi connectivity index (χ1n) is 2.83. The Hall–Kier alpha value is -0.390. The first-order valence-corrected chi connectivity index (χ1v) is 4.51. The van der Waals surface area contributed by atoms with Gasteiger partial charge in [0.1, 0.15) is 6.04 Å². The molecule has 60 valence electrons. The van der Waals surface area contributed by atoms with E-state index in [-0.39, 0.29) is 0 Å². The van der Waals surface area contributed by atoms with Crippen molar-refractivity contribution in [3.05, 3.63) is 20.8 Å². The van der Waals surface area contributed by atoms with E-state index in [2.05, 4.69) is 15.9 Å². The monoisotopic (exact) mass is 235 g/mol. The summed E-state index contributed by atoms with van der Waals surface area (Å²) < 4.78 is 0.893. The zero-order valence-corrected chi connectivity index (χ0v) is 7.85. The number of aliphatic carboxylic acids is 1. The van der Waals surface area contributed by atoms with Gasteiger partial charge in [-0.2, -0.15) is 0 Å². The van der Waals surface area contributed by atoms with Crippen molar-refractivity contribution in [3.8, 4) is 0 Å². The van der Waals surface area contributed by atoms with E-state index in [9.17, 15) is 4.79 Å². The Morgan fingerprint density at radius 2 is 2.45 bits per heavy atom. The standard InChI is InChI=1S/C6H6BrNO2S/c7-4-1-3(2-11-4)5(8)6(9)10/h1-2,5H,8H2,(H,9,10)/t5-/m0/s1. The fraction of sp³-hybridized carbons (Fsp3) is 0.167. The maximum Gasteiger partial charge on any atom is 0.325 e. The zero-order valence-electron chi connectivity index (χ0n) is 5.45. The molecule has 0 aromatic carbocycles. The van der Waals surface area contributed by atoms with Crippen LogP contribution in [0.2, 0.25) is 0 Å². The summed E-state index contributed by atoms with van der Waals surface area (Å²) in [4.78, 5) is 10.4. The molecule has 1 heterocycles. The van der Waals surface area contributed by atoms with Gasteiger partial charge in [-0.25, -0.2) is 0 Å². The van der Waals surface area contributed by atoms with Crippen molar-refractivity contribution < 1.29 is 9.90 Å². The minimum absolute atomic E-state index is 0.634. The van der Waals surface area contributed by atoms with Gasteiger partial charge < -0.3 is 10.8 Å². The van der Waals surface area contributed by atoms with E-state index in [1.807, 2.05) is 0 Å². The molecule has 0 amide bonds. The van der Waals surface area contributed by atoms with Gasteiger partial charge in [0.2, 0.25) is 0 Å². The third-order valence-corrected chi connectivity index (χ3v) is 2.74. The SMILES string of the molecule is N[C@H](C(=O)O)c1csc(Br)c1. The van der Waals surface area contributed by atoms with Crippen molar-refractivity contribution in [1.82, 2.24) is 0 Å². The summed E-state index contributed by atoms with van der Waals surface area (Å²) in [7, 11) is 0. The number of nitrogens with two attached hydrogens (primary N) is 1. The Bertz CT molecular complexity index is 273. The molecule has 5 heteroatoms. The van der Waals surface area contributed by atoms with Crippen LogP contribution >= 0.6 is 27.3 Å². The van der Waals surface area contributed by atoms with E-state index in [0.717, 1.165) is 3.79 Å². The normalized spacial score (nSPS) is 12.9. The largest absolute Gasteiger partial charge is 0.480 e. The molecule has 1 aromatic heterocycles. The second kappa shape index (κ2) is 3.34. The molecule has 3 N–H and O–H groups in total. The van der Waals surface area contributed by atoms with E-state index in [0.29, 0.717) is 5.56 Å². The highest BCUT2D eigenvalue weighted by molar-refractivity contribution is 9.11. The molecule has 0 radical (unpaired) electrons. The molecule has 0 saturated heterocycles. The number of halogens is 1. The Morgan fingerprint density at radius 1 is 1.82 bits per heavy atom. The summed E-state index contributed by atoms with van der Waals surface area (Å²) >= 11 is 4.64. The summed E-state index contributed by atoms with van der Waals surface area (Å²) in [6.45, 7) is 0. The Kier molecular flexibility index (Phi) is 2.64. The predicted molar refractivity (Wildman–Crippen MR) is 46.6 cm³/mol. The lowest BCUT2D eigenvalue weighted by atomic mass is 10.2. The molecule has 0 spiro atoms. The molecule has 0 aliphatic carbocycles. The summed E-state index contributed by atoms with van der Waals surface area (Å²) in [5.74, 6) is -1.00. The zero-order chi connectivity index (χ0) is 8.43. The Morgan fingerprint density at radius 3 is 2.82 bits per heavy atom. The number of hydrogen-bond acceptors (Lipinski definition) is 3. The highest BCUT2D eigenvalue weighted by Gasteiger charge is 2.14. The summed E-state index contributed by atoms with van der Waals surface area (Å²) in [5, 5.41) is 10.2. The lowest BCUT2D eigenvalue weighted by Crippen LogP contribution is -2.19. The molecule has 0 aliphatic heterocycles. The molecular weight excluding hydrogens is 230 g/mol. The van der Waals surface area contributed by atoms with Gasteiger partial charge in [-0.3, -0.25) is 4.79 Å². The first-order chi connectivity index (χ1) is 5.11. The lowest BCUT2D eigenvalue weighted by Gasteiger charge is -2.00. The van der Waals surface area contributed by atoms with Crippen LogP contribution in [0.25, 0.3) is 0 Å². The first kappa shape index (κ1) is 8.70. The molecule has 11 heavy (non-hydrogen) atoms. The average Bonchev–Trinajstić information content (AvgIpc) is 2.34. The van der Waals surface area contributed by atoms with Gasteiger partial charge in [0.15, 0.2) is 0 Å². The molecular formula is C6H6BrNO2S. The molecule has 0 bridgehead atoms. The second-order valence-corrected chi connectivity index (χ2v) is 4.29. The highest BCUT2D eigenvalue weighted by Crippen LogP contribution is 2.24. The number of carbonyl (C=O) groups is 1. The van der Waals surface area contributed by atoms with Gasteiger partial charge in [-0.05, 0) is 32.9 Å². The average molecular weight is 236 g/mol. The third-order valence-electron chi connectivity index (χ3n) is 1.21. The fourth-order valence-corrected chi connectivity index (χ4v) is 1.84. The van der Waals surface area contributed by atoms with Crippen molar-refractivity contribution in [2.24, 2.45) is 5.73 Å². The van der Waals surface area contributed by atoms with Crippen molar-refractivity contribution in [2.45, 2.75) is 6.04 Å². The van der Waals surface area contributed by atoms with E-state index >= 15 is 0 Å². The van der Waals surface area contributed by atoms with Crippen LogP contribution in [0.5, 0.6) is 0 Å². The molecule has 0 fully saturated rings. The van der Waals surface area contributed by atoms with Crippen LogP contribution in [0, 0.1) is 0 Å². The quantitative estimate of drug-likeness (QED) is 0.819. The summed E-state index contributed by atoms with van der Waals surface area (Å²) in [5.41, 5.74) is 5.97. The van der Waals surface area contributed by atoms with Crippen molar-refractivity contribution in [1.29, 1.82) is 0 Å². The van der Waals surface area contributed by atoms with Crippen molar-refractivity contribution in [2.75, 3.05) is 0 Å². The number of rotatable bonds is 2. The molecule has 1 atom stereocenters. The van der Waals surface area contributed by atoms with Crippen LogP contribution < -0.4 is 5.73 Å². The van der Waals surface area contributed by atoms with E-state index in [4.69, 9.17) is 10.8 Å². The molecule has 1 rings (SSSR count). The van der Waals surface area contributed by atoms with E-state index in [1.165, 1.54) is 11.3 Å². The van der Waals surface area contributed by atoms with Gasteiger partial charge in [-0.1, -0.05) is 0 Å². The van der Waals surface area contributed by atoms with Gasteiger partial charge in [0.05, 0.1) is 3.79 Å². The topological polar surface area (TPSA) is 63.3 Å². The predicted octanol–water partition coefficient (Wildman–Crippen LogP) is 1.60. The smallest absolute Gasteiger partial charge is 0.325 e. The van der Waals surface area contributed by atoms with E-state index in [1.54, 1.807) is 11.4 Å². The number of carboxylic acid groups (broad SMARTS) is 1. The Labute approximate surface area is 76.0 Å². The van der Waals surface area contributed by atoms with Gasteiger partial charge in [-0.15, -0.1) is 11.3 Å². The van der Waals surface area contributed by atoms with Crippen LogP contribution in [0.1, 0.15) is 11.6 Å². The maximum absolute atomic E-state index is 10.4. The minimum atomic E-state index is -1.00. The second-order valence-electron chi connectivity index (χ2n) is 2.00.